The van der Waals surface area contributed by atoms with Crippen LogP contribution in [-0.2, 0) is 30.5 Å². The number of ether oxygens (including phenoxy) is 5. The molecule has 6 bridgehead atoms. The average Bonchev–Trinajstić information content (AvgIpc) is 3.22. The number of methoxy groups -OCH3 is 3. The van der Waals surface area contributed by atoms with Crippen molar-refractivity contribution in [2.45, 2.75) is 109 Å². The molecule has 9 nitrogen and oxygen atoms in total. The van der Waals surface area contributed by atoms with Gasteiger partial charge in [0.15, 0.2) is 23.0 Å². The van der Waals surface area contributed by atoms with Crippen LogP contribution in [0, 0.1) is 0 Å². The highest BCUT2D eigenvalue weighted by Crippen LogP contribution is 2.48. The van der Waals surface area contributed by atoms with E-state index in [2.05, 4.69) is 68.4 Å². The first-order chi connectivity index (χ1) is 28.1. The Kier molecular flexibility index (Phi) is 13.2. The maximum absolute atomic E-state index is 13.3. The molecular formula is C49H62N2O7. The number of rotatable bonds is 14. The van der Waals surface area contributed by atoms with E-state index in [1.165, 1.54) is 37.7 Å². The summed E-state index contributed by atoms with van der Waals surface area (Å²) in [5.74, 6) is 3.75. The molecule has 4 heterocycles. The Morgan fingerprint density at radius 3 is 2.19 bits per heavy atom. The molecule has 4 aromatic rings. The first-order valence-corrected chi connectivity index (χ1v) is 21.4. The predicted molar refractivity (Wildman–Crippen MR) is 226 cm³/mol. The summed E-state index contributed by atoms with van der Waals surface area (Å²) >= 11 is 0. The second-order valence-electron chi connectivity index (χ2n) is 16.8. The van der Waals surface area contributed by atoms with Gasteiger partial charge in [0, 0.05) is 49.0 Å². The first-order valence-electron chi connectivity index (χ1n) is 21.4. The zero-order valence-corrected chi connectivity index (χ0v) is 35.4. The van der Waals surface area contributed by atoms with Gasteiger partial charge in [-0.05, 0) is 91.0 Å². The van der Waals surface area contributed by atoms with Crippen molar-refractivity contribution in [3.05, 3.63) is 100 Å². The van der Waals surface area contributed by atoms with Crippen LogP contribution in [0.1, 0.15) is 110 Å². The molecule has 4 atom stereocenters. The Hall–Kier alpha value is -4.73. The first kappa shape index (κ1) is 41.4. The fourth-order valence-corrected chi connectivity index (χ4v) is 9.72. The number of hydrogen-bond donors (Lipinski definition) is 0. The Labute approximate surface area is 345 Å². The lowest BCUT2D eigenvalue weighted by atomic mass is 9.84. The van der Waals surface area contributed by atoms with E-state index in [0.29, 0.717) is 65.5 Å². The number of carboxylic acids is 1. The Bertz CT molecular complexity index is 2050. The Morgan fingerprint density at radius 1 is 0.776 bits per heavy atom. The fourth-order valence-electron chi connectivity index (χ4n) is 9.72. The molecule has 0 N–H and O–H groups in total. The lowest BCUT2D eigenvalue weighted by molar-refractivity contribution is -0.958. The summed E-state index contributed by atoms with van der Waals surface area (Å²) in [6.07, 6.45) is 12.8. The Morgan fingerprint density at radius 2 is 1.48 bits per heavy atom. The third kappa shape index (κ3) is 8.81. The molecule has 0 spiro atoms. The van der Waals surface area contributed by atoms with Gasteiger partial charge in [-0.3, -0.25) is 4.90 Å². The number of hydrogen-bond acceptors (Lipinski definition) is 8. The highest BCUT2D eigenvalue weighted by Gasteiger charge is 2.46. The summed E-state index contributed by atoms with van der Waals surface area (Å²) in [5.41, 5.74) is 6.74. The minimum Gasteiger partial charge on any atom is -0.544 e. The van der Waals surface area contributed by atoms with Crippen LogP contribution < -0.4 is 28.8 Å². The van der Waals surface area contributed by atoms with Gasteiger partial charge in [0.25, 0.3) is 0 Å². The lowest BCUT2D eigenvalue weighted by Gasteiger charge is -2.51. The summed E-state index contributed by atoms with van der Waals surface area (Å²) in [7, 11) is 9.34. The number of benzene rings is 4. The predicted octanol–water partition coefficient (Wildman–Crippen LogP) is 9.32. The molecule has 4 aromatic carbocycles. The molecule has 0 fully saturated rings. The van der Waals surface area contributed by atoms with Gasteiger partial charge in [-0.1, -0.05) is 70.1 Å². The van der Waals surface area contributed by atoms with Crippen molar-refractivity contribution in [2.75, 3.05) is 48.5 Å². The molecule has 310 valence electrons. The van der Waals surface area contributed by atoms with Crippen LogP contribution in [-0.4, -0.2) is 69.9 Å². The van der Waals surface area contributed by atoms with Crippen LogP contribution in [0.15, 0.2) is 66.7 Å². The van der Waals surface area contributed by atoms with Gasteiger partial charge in [0.2, 0.25) is 0 Å². The summed E-state index contributed by atoms with van der Waals surface area (Å²) in [6, 6.07) is 21.9. The smallest absolute Gasteiger partial charge is 0.169 e. The SMILES string of the molecule is CCCCCCCCCCC(C(=O)[O-])[N+]1(C)CCc2cc(OC)c3cc2C1Cc1ccc(cc1)Oc1cc(ccc1OC)CC1c2c(cc(OC)cc2O3)CCN1C. The number of carboxylic acid groups (broad SMARTS) is 1. The van der Waals surface area contributed by atoms with E-state index in [0.717, 1.165) is 71.5 Å². The van der Waals surface area contributed by atoms with E-state index >= 15 is 0 Å². The monoisotopic (exact) mass is 790 g/mol. The van der Waals surface area contributed by atoms with Gasteiger partial charge >= 0.3 is 0 Å². The van der Waals surface area contributed by atoms with Gasteiger partial charge in [0.05, 0.1) is 40.9 Å². The molecule has 0 saturated carbocycles. The summed E-state index contributed by atoms with van der Waals surface area (Å²) in [6.45, 7) is 3.79. The van der Waals surface area contributed by atoms with Gasteiger partial charge in [-0.2, -0.15) is 0 Å². The van der Waals surface area contributed by atoms with Crippen LogP contribution in [0.3, 0.4) is 0 Å². The number of unbranched alkanes of at least 4 members (excludes halogenated alkanes) is 7. The number of carbonyl (C=O) groups excluding carboxylic acids is 1. The van der Waals surface area contributed by atoms with Gasteiger partial charge in [-0.25, -0.2) is 0 Å². The van der Waals surface area contributed by atoms with Crippen molar-refractivity contribution < 1.29 is 38.1 Å². The lowest BCUT2D eigenvalue weighted by Crippen LogP contribution is -2.63. The number of likely N-dealkylation sites (N-methyl/N-ethyl adjacent to an activating group) is 2. The molecule has 0 saturated heterocycles. The van der Waals surface area contributed by atoms with Crippen molar-refractivity contribution in [1.82, 2.24) is 4.90 Å². The van der Waals surface area contributed by atoms with Crippen molar-refractivity contribution in [3.63, 3.8) is 0 Å². The molecule has 9 heteroatoms. The summed E-state index contributed by atoms with van der Waals surface area (Å²) in [5, 5.41) is 13.3. The van der Waals surface area contributed by atoms with E-state index < -0.39 is 12.0 Å². The van der Waals surface area contributed by atoms with Crippen LogP contribution >= 0.6 is 0 Å². The number of nitrogens with zero attached hydrogens (tertiary/aromatic N) is 2. The molecule has 0 radical (unpaired) electrons. The van der Waals surface area contributed by atoms with Crippen molar-refractivity contribution in [2.24, 2.45) is 0 Å². The van der Waals surface area contributed by atoms with E-state index in [4.69, 9.17) is 23.7 Å². The summed E-state index contributed by atoms with van der Waals surface area (Å²) < 4.78 is 31.6. The number of quaternary nitrogens is 1. The molecule has 4 unspecified atom stereocenters. The van der Waals surface area contributed by atoms with Crippen molar-refractivity contribution >= 4 is 5.97 Å². The van der Waals surface area contributed by atoms with E-state index in [1.807, 2.05) is 24.3 Å². The zero-order valence-electron chi connectivity index (χ0n) is 35.4. The number of carbonyl (C=O) groups is 1. The molecule has 0 aliphatic carbocycles. The van der Waals surface area contributed by atoms with Gasteiger partial charge in [-0.15, -0.1) is 0 Å². The quantitative estimate of drug-likeness (QED) is 0.0923. The average molecular weight is 791 g/mol. The fraction of sp³-hybridized carbons (Fsp3) is 0.490. The van der Waals surface area contributed by atoms with Crippen LogP contribution in [0.4, 0.5) is 0 Å². The minimum absolute atomic E-state index is 0.000521. The molecule has 0 amide bonds. The van der Waals surface area contributed by atoms with Gasteiger partial charge < -0.3 is 38.1 Å². The van der Waals surface area contributed by atoms with Gasteiger partial charge in [0.1, 0.15) is 29.3 Å². The third-order valence-corrected chi connectivity index (χ3v) is 13.2. The van der Waals surface area contributed by atoms with E-state index in [9.17, 15) is 9.90 Å². The molecule has 8 rings (SSSR count). The highest BCUT2D eigenvalue weighted by molar-refractivity contribution is 5.70. The van der Waals surface area contributed by atoms with Crippen LogP contribution in [0.5, 0.6) is 40.2 Å². The molecular weight excluding hydrogens is 729 g/mol. The van der Waals surface area contributed by atoms with Crippen LogP contribution in [0.25, 0.3) is 0 Å². The largest absolute Gasteiger partial charge is 0.544 e. The molecule has 58 heavy (non-hydrogen) atoms. The normalized spacial score (nSPS) is 20.4. The van der Waals surface area contributed by atoms with E-state index in [-0.39, 0.29) is 12.1 Å². The second-order valence-corrected chi connectivity index (χ2v) is 16.8. The minimum atomic E-state index is -0.976. The number of fused-ring (bicyclic) bond motifs is 2. The maximum atomic E-state index is 13.3. The molecule has 4 aliphatic rings. The van der Waals surface area contributed by atoms with Crippen molar-refractivity contribution in [3.8, 4) is 40.2 Å². The van der Waals surface area contributed by atoms with E-state index in [1.54, 1.807) is 21.3 Å². The van der Waals surface area contributed by atoms with Crippen LogP contribution in [0.2, 0.25) is 0 Å². The highest BCUT2D eigenvalue weighted by atomic mass is 16.5. The third-order valence-electron chi connectivity index (χ3n) is 13.2. The zero-order chi connectivity index (χ0) is 40.8. The maximum Gasteiger partial charge on any atom is 0.169 e. The van der Waals surface area contributed by atoms with Crippen molar-refractivity contribution in [1.29, 1.82) is 0 Å². The standard InChI is InChI=1S/C49H62N2O7/c1-7-8-9-10-11-12-13-14-15-41(49(52)53)51(3)25-23-35-30-44(56-6)46-32-39(35)42(51)27-33-16-19-37(20-17-33)57-45-28-34(18-21-43(45)55-5)26-40-48-36(22-24-50(40)2)29-38(54-4)31-47(48)58-46/h16-21,28-32,40-42H,7-15,22-27H2,1-6H3. The topological polar surface area (TPSA) is 89.5 Å². The Balaban J connectivity index is 1.34. The second kappa shape index (κ2) is 18.5. The molecule has 4 aliphatic heterocycles. The molecule has 0 aromatic heterocycles. The number of aliphatic carboxylic acids is 1. The summed E-state index contributed by atoms with van der Waals surface area (Å²) in [4.78, 5) is 15.7.